The summed E-state index contributed by atoms with van der Waals surface area (Å²) in [5, 5.41) is 3.48. The van der Waals surface area contributed by atoms with Crippen molar-refractivity contribution in [3.8, 4) is 28.4 Å². The highest BCUT2D eigenvalue weighted by Gasteiger charge is 2.30. The van der Waals surface area contributed by atoms with E-state index in [1.807, 2.05) is 18.4 Å². The predicted octanol–water partition coefficient (Wildman–Crippen LogP) is 5.91. The number of methoxy groups -OCH3 is 3. The number of carbonyl (C=O) groups excluding carboxylic acids is 1. The largest absolute Gasteiger partial charge is 0.493 e. The molecule has 1 aliphatic carbocycles. The maximum atomic E-state index is 14.6. The summed E-state index contributed by atoms with van der Waals surface area (Å²) in [6, 6.07) is 11.0. The van der Waals surface area contributed by atoms with Crippen LogP contribution in [0.3, 0.4) is 0 Å². The molecule has 0 heterocycles. The molecule has 0 radical (unpaired) electrons. The van der Waals surface area contributed by atoms with E-state index in [1.165, 1.54) is 31.0 Å². The number of rotatable bonds is 7. The molecule has 6 nitrogen and oxygen atoms in total. The van der Waals surface area contributed by atoms with Crippen LogP contribution in [0.2, 0.25) is 0 Å². The van der Waals surface area contributed by atoms with Crippen LogP contribution in [0.1, 0.15) is 39.5 Å². The van der Waals surface area contributed by atoms with Gasteiger partial charge in [-0.3, -0.25) is 9.59 Å². The molecule has 0 fully saturated rings. The molecule has 0 aliphatic heterocycles. The van der Waals surface area contributed by atoms with Gasteiger partial charge < -0.3 is 19.5 Å². The van der Waals surface area contributed by atoms with Crippen molar-refractivity contribution in [3.05, 3.63) is 80.8 Å². The van der Waals surface area contributed by atoms with Gasteiger partial charge in [0.2, 0.25) is 5.75 Å². The third-order valence-corrected chi connectivity index (χ3v) is 7.88. The lowest BCUT2D eigenvalue weighted by Gasteiger charge is -2.20. The maximum Gasteiger partial charge on any atom is 0.254 e. The summed E-state index contributed by atoms with van der Waals surface area (Å²) in [4.78, 5) is 26.9. The van der Waals surface area contributed by atoms with Crippen LogP contribution in [-0.2, 0) is 11.8 Å². The highest BCUT2D eigenvalue weighted by atomic mass is 79.9. The Morgan fingerprint density at radius 1 is 1.08 bits per heavy atom. The van der Waals surface area contributed by atoms with E-state index in [2.05, 4.69) is 21.2 Å². The Kier molecular flexibility index (Phi) is 8.44. The minimum Gasteiger partial charge on any atom is -0.493 e. The van der Waals surface area contributed by atoms with Crippen molar-refractivity contribution in [2.75, 3.05) is 27.6 Å². The molecule has 1 aliphatic rings. The van der Waals surface area contributed by atoms with E-state index in [4.69, 9.17) is 14.2 Å². The number of aryl methyl sites for hydroxylation is 1. The summed E-state index contributed by atoms with van der Waals surface area (Å²) in [5.41, 5.74) is 3.60. The van der Waals surface area contributed by atoms with E-state index in [0.717, 1.165) is 22.3 Å². The Labute approximate surface area is 227 Å². The molecule has 37 heavy (non-hydrogen) atoms. The molecule has 9 heteroatoms. The number of hydrogen-bond acceptors (Lipinski definition) is 6. The van der Waals surface area contributed by atoms with E-state index < -0.39 is 17.8 Å². The third-order valence-electron chi connectivity index (χ3n) is 6.46. The number of hydrogen-bond donors (Lipinski definition) is 1. The summed E-state index contributed by atoms with van der Waals surface area (Å²) in [6.07, 6.45) is 2.86. The second-order valence-corrected chi connectivity index (χ2v) is 9.88. The Balaban J connectivity index is 1.92. The minimum absolute atomic E-state index is 0.0476. The van der Waals surface area contributed by atoms with Gasteiger partial charge in [-0.1, -0.05) is 28.1 Å². The number of carbonyl (C=O) groups is 1. The third kappa shape index (κ3) is 5.20. The van der Waals surface area contributed by atoms with Gasteiger partial charge >= 0.3 is 0 Å². The number of nitrogens with one attached hydrogen (secondary N) is 1. The standard InChI is InChI=1S/C28H27BrFNO5S/c1-34-23-12-16-6-9-21(31-28(33)19-11-15(14-29)5-8-20(19)30)18-13-22(32)24(37-4)10-7-17(18)25(16)27(36-3)26(23)35-2/h5,7-8,10-13,21H,6,9,14H2,1-4H3,(H,31,33)/t21-/m0/s1. The van der Waals surface area contributed by atoms with Crippen LogP contribution in [0.15, 0.2) is 52.2 Å². The van der Waals surface area contributed by atoms with Crippen LogP contribution in [-0.4, -0.2) is 33.5 Å². The second-order valence-electron chi connectivity index (χ2n) is 8.47. The molecule has 1 amide bonds. The van der Waals surface area contributed by atoms with Crippen LogP contribution < -0.4 is 25.0 Å². The predicted molar refractivity (Wildman–Crippen MR) is 147 cm³/mol. The van der Waals surface area contributed by atoms with Crippen LogP contribution in [0, 0.1) is 5.82 Å². The lowest BCUT2D eigenvalue weighted by Crippen LogP contribution is -2.30. The van der Waals surface area contributed by atoms with Crippen LogP contribution in [0.5, 0.6) is 17.2 Å². The summed E-state index contributed by atoms with van der Waals surface area (Å²) < 4.78 is 31.6. The van der Waals surface area contributed by atoms with Crippen molar-refractivity contribution in [2.24, 2.45) is 0 Å². The van der Waals surface area contributed by atoms with E-state index in [0.29, 0.717) is 45.9 Å². The quantitative estimate of drug-likeness (QED) is 0.273. The SMILES string of the molecule is COc1cc2c(c(OC)c1OC)-c1ccc(SC)c(=O)cc1[C@@H](NC(=O)c1cc(CBr)ccc1F)CC2. The van der Waals surface area contributed by atoms with Gasteiger partial charge in [-0.2, -0.15) is 0 Å². The molecule has 3 aromatic rings. The molecule has 1 N–H and O–H groups in total. The topological polar surface area (TPSA) is 73.9 Å². The summed E-state index contributed by atoms with van der Waals surface area (Å²) in [7, 11) is 4.65. The second kappa shape index (κ2) is 11.6. The minimum atomic E-state index is -0.608. The van der Waals surface area contributed by atoms with Gasteiger partial charge in [0.25, 0.3) is 5.91 Å². The highest BCUT2D eigenvalue weighted by Crippen LogP contribution is 2.50. The first-order valence-corrected chi connectivity index (χ1v) is 13.9. The van der Waals surface area contributed by atoms with Gasteiger partial charge in [0.1, 0.15) is 5.82 Å². The van der Waals surface area contributed by atoms with Crippen molar-refractivity contribution in [2.45, 2.75) is 29.1 Å². The zero-order valence-corrected chi connectivity index (χ0v) is 23.3. The van der Waals surface area contributed by atoms with E-state index in [9.17, 15) is 14.0 Å². The van der Waals surface area contributed by atoms with E-state index >= 15 is 0 Å². The first-order chi connectivity index (χ1) is 17.9. The van der Waals surface area contributed by atoms with Crippen molar-refractivity contribution < 1.29 is 23.4 Å². The van der Waals surface area contributed by atoms with Crippen molar-refractivity contribution >= 4 is 33.6 Å². The Morgan fingerprint density at radius 3 is 2.49 bits per heavy atom. The van der Waals surface area contributed by atoms with Crippen molar-refractivity contribution in [1.29, 1.82) is 0 Å². The maximum absolute atomic E-state index is 14.6. The van der Waals surface area contributed by atoms with Gasteiger partial charge in [0, 0.05) is 10.9 Å². The van der Waals surface area contributed by atoms with Crippen LogP contribution >= 0.6 is 27.7 Å². The molecular weight excluding hydrogens is 561 g/mol. The Morgan fingerprint density at radius 2 is 1.84 bits per heavy atom. The lowest BCUT2D eigenvalue weighted by atomic mass is 9.95. The van der Waals surface area contributed by atoms with Crippen molar-refractivity contribution in [3.63, 3.8) is 0 Å². The average Bonchev–Trinajstić information content (AvgIpc) is 3.16. The zero-order chi connectivity index (χ0) is 26.7. The molecule has 3 aromatic carbocycles. The normalized spacial score (nSPS) is 14.2. The molecule has 4 rings (SSSR count). The number of benzene rings is 2. The number of halogens is 2. The number of amides is 1. The highest BCUT2D eigenvalue weighted by molar-refractivity contribution is 9.08. The Bertz CT molecular complexity index is 1410. The summed E-state index contributed by atoms with van der Waals surface area (Å²) >= 11 is 4.70. The van der Waals surface area contributed by atoms with Gasteiger partial charge in [-0.25, -0.2) is 4.39 Å². The summed E-state index contributed by atoms with van der Waals surface area (Å²) in [6.45, 7) is 0. The molecule has 0 aromatic heterocycles. The van der Waals surface area contributed by atoms with Crippen LogP contribution in [0.25, 0.3) is 11.1 Å². The molecule has 194 valence electrons. The smallest absolute Gasteiger partial charge is 0.254 e. The van der Waals surface area contributed by atoms with E-state index in [-0.39, 0.29) is 11.0 Å². The number of fused-ring (bicyclic) bond motifs is 3. The Hall–Kier alpha value is -3.04. The first kappa shape index (κ1) is 27.0. The fraction of sp³-hybridized carbons (Fsp3) is 0.286. The van der Waals surface area contributed by atoms with Gasteiger partial charge in [-0.15, -0.1) is 11.8 Å². The molecule has 0 spiro atoms. The molecular formula is C28H27BrFNO5S. The molecule has 1 atom stereocenters. The van der Waals surface area contributed by atoms with Gasteiger partial charge in [-0.05, 0) is 71.7 Å². The molecule has 0 saturated heterocycles. The lowest BCUT2D eigenvalue weighted by molar-refractivity contribution is 0.0930. The number of alkyl halides is 1. The zero-order valence-electron chi connectivity index (χ0n) is 20.9. The van der Waals surface area contributed by atoms with Gasteiger partial charge in [0.15, 0.2) is 16.9 Å². The number of ether oxygens (including phenoxy) is 3. The van der Waals surface area contributed by atoms with Crippen molar-refractivity contribution in [1.82, 2.24) is 5.32 Å². The fourth-order valence-corrected chi connectivity index (χ4v) is 5.50. The van der Waals surface area contributed by atoms with Gasteiger partial charge in [0.05, 0.1) is 37.8 Å². The average molecular weight is 588 g/mol. The number of thioether (sulfide) groups is 1. The summed E-state index contributed by atoms with van der Waals surface area (Å²) in [5.74, 6) is 0.275. The van der Waals surface area contributed by atoms with E-state index in [1.54, 1.807) is 32.4 Å². The molecule has 0 bridgehead atoms. The molecule has 0 saturated carbocycles. The monoisotopic (exact) mass is 587 g/mol. The first-order valence-electron chi connectivity index (χ1n) is 11.6. The molecule has 0 unspecified atom stereocenters. The van der Waals surface area contributed by atoms with Crippen LogP contribution in [0.4, 0.5) is 4.39 Å². The fourth-order valence-electron chi connectivity index (χ4n) is 4.68.